The van der Waals surface area contributed by atoms with Crippen molar-refractivity contribution in [2.45, 2.75) is 82.8 Å². The van der Waals surface area contributed by atoms with E-state index in [1.165, 1.54) is 24.8 Å². The Morgan fingerprint density at radius 3 is 2.03 bits per heavy atom. The van der Waals surface area contributed by atoms with Gasteiger partial charge in [0.25, 0.3) is 0 Å². The number of ether oxygens (including phenoxy) is 1. The minimum absolute atomic E-state index is 0.0183. The van der Waals surface area contributed by atoms with Crippen molar-refractivity contribution in [3.8, 4) is 0 Å². The van der Waals surface area contributed by atoms with E-state index in [9.17, 15) is 4.79 Å². The molecule has 0 aromatic heterocycles. The van der Waals surface area contributed by atoms with Gasteiger partial charge in [-0.25, -0.2) is 0 Å². The van der Waals surface area contributed by atoms with Gasteiger partial charge in [0.2, 0.25) is 0 Å². The van der Waals surface area contributed by atoms with Crippen molar-refractivity contribution in [1.29, 1.82) is 0 Å². The van der Waals surface area contributed by atoms with Crippen molar-refractivity contribution in [1.82, 2.24) is 0 Å². The molecule has 1 aromatic carbocycles. The van der Waals surface area contributed by atoms with Gasteiger partial charge in [-0.05, 0) is 94.5 Å². The quantitative estimate of drug-likeness (QED) is 0.572. The summed E-state index contributed by atoms with van der Waals surface area (Å²) in [5.41, 5.74) is 1.64. The molecule has 1 heterocycles. The first-order chi connectivity index (χ1) is 13.6. The van der Waals surface area contributed by atoms with Crippen molar-refractivity contribution >= 4 is 18.6 Å². The highest BCUT2D eigenvalue weighted by Gasteiger charge is 2.61. The lowest BCUT2D eigenvalue weighted by molar-refractivity contribution is -0.171. The van der Waals surface area contributed by atoms with E-state index >= 15 is 0 Å². The lowest BCUT2D eigenvalue weighted by Crippen LogP contribution is -2.57. The van der Waals surface area contributed by atoms with Crippen LogP contribution in [0.4, 0.5) is 0 Å². The molecule has 0 spiro atoms. The summed E-state index contributed by atoms with van der Waals surface area (Å²) in [5, 5.41) is 0. The molecule has 4 nitrogen and oxygen atoms in total. The number of hydrogen-bond donors (Lipinski definition) is 0. The van der Waals surface area contributed by atoms with E-state index in [0.717, 1.165) is 24.7 Å². The van der Waals surface area contributed by atoms with Crippen LogP contribution in [-0.4, -0.2) is 31.4 Å². The highest BCUT2D eigenvalue weighted by Crippen LogP contribution is 2.66. The molecule has 0 radical (unpaired) electrons. The van der Waals surface area contributed by atoms with Crippen molar-refractivity contribution in [3.63, 3.8) is 0 Å². The van der Waals surface area contributed by atoms with Crippen LogP contribution in [0.25, 0.3) is 0 Å². The standard InChI is InChI=1S/C24H33BO4/c1-21(2)22(3,4)29-25(28-21)19-8-6-18(7-9-19)23-11-16-10-17(12-23)14-24(13-16,15-23)20(26)27-5/h6-9,16-17H,10-15H2,1-5H3. The maximum Gasteiger partial charge on any atom is 0.494 e. The van der Waals surface area contributed by atoms with Crippen LogP contribution in [-0.2, 0) is 24.3 Å². The summed E-state index contributed by atoms with van der Waals surface area (Å²) in [6.07, 6.45) is 6.67. The molecular formula is C24H33BO4. The molecule has 6 rings (SSSR count). The van der Waals surface area contributed by atoms with Crippen molar-refractivity contribution in [3.05, 3.63) is 29.8 Å². The molecule has 1 aromatic rings. The summed E-state index contributed by atoms with van der Waals surface area (Å²) in [7, 11) is 1.22. The summed E-state index contributed by atoms with van der Waals surface area (Å²) < 4.78 is 17.7. The van der Waals surface area contributed by atoms with Crippen LogP contribution in [0.3, 0.4) is 0 Å². The molecule has 4 aliphatic carbocycles. The van der Waals surface area contributed by atoms with E-state index in [4.69, 9.17) is 14.0 Å². The smallest absolute Gasteiger partial charge is 0.469 e. The lowest BCUT2D eigenvalue weighted by Gasteiger charge is -2.61. The molecule has 1 saturated heterocycles. The fourth-order valence-corrected chi connectivity index (χ4v) is 7.03. The normalized spacial score (nSPS) is 39.0. The summed E-state index contributed by atoms with van der Waals surface area (Å²) in [6, 6.07) is 8.86. The summed E-state index contributed by atoms with van der Waals surface area (Å²) in [4.78, 5) is 12.7. The Morgan fingerprint density at radius 1 is 0.966 bits per heavy atom. The van der Waals surface area contributed by atoms with Crippen LogP contribution in [0.2, 0.25) is 0 Å². The monoisotopic (exact) mass is 396 g/mol. The lowest BCUT2D eigenvalue weighted by atomic mass is 9.43. The van der Waals surface area contributed by atoms with Crippen LogP contribution >= 0.6 is 0 Å². The van der Waals surface area contributed by atoms with E-state index in [2.05, 4.69) is 52.0 Å². The maximum absolute atomic E-state index is 12.7. The Balaban J connectivity index is 1.43. The van der Waals surface area contributed by atoms with Crippen LogP contribution in [0, 0.1) is 17.3 Å². The first-order valence-electron chi connectivity index (χ1n) is 11.1. The number of benzene rings is 1. The van der Waals surface area contributed by atoms with Gasteiger partial charge in [0.05, 0.1) is 23.7 Å². The van der Waals surface area contributed by atoms with Gasteiger partial charge in [0.1, 0.15) is 0 Å². The second-order valence-corrected chi connectivity index (χ2v) is 11.2. The fourth-order valence-electron chi connectivity index (χ4n) is 7.03. The largest absolute Gasteiger partial charge is 0.494 e. The van der Waals surface area contributed by atoms with Gasteiger partial charge in [-0.15, -0.1) is 0 Å². The van der Waals surface area contributed by atoms with Gasteiger partial charge in [0.15, 0.2) is 0 Å². The minimum atomic E-state index is -0.330. The van der Waals surface area contributed by atoms with Gasteiger partial charge in [-0.1, -0.05) is 24.3 Å². The zero-order valence-electron chi connectivity index (χ0n) is 18.4. The van der Waals surface area contributed by atoms with Crippen LogP contribution in [0.1, 0.15) is 71.8 Å². The molecule has 5 fully saturated rings. The number of rotatable bonds is 3. The molecule has 5 heteroatoms. The first-order valence-corrected chi connectivity index (χ1v) is 11.1. The second-order valence-electron chi connectivity index (χ2n) is 11.2. The molecule has 5 aliphatic rings. The molecule has 0 N–H and O–H groups in total. The number of hydrogen-bond acceptors (Lipinski definition) is 4. The topological polar surface area (TPSA) is 44.8 Å². The highest BCUT2D eigenvalue weighted by molar-refractivity contribution is 6.62. The van der Waals surface area contributed by atoms with Crippen molar-refractivity contribution in [2.75, 3.05) is 7.11 Å². The van der Waals surface area contributed by atoms with E-state index < -0.39 is 0 Å². The van der Waals surface area contributed by atoms with E-state index in [1.807, 2.05) is 0 Å². The third-order valence-electron chi connectivity index (χ3n) is 8.73. The SMILES string of the molecule is COC(=O)C12CC3CC(C1)CC(c1ccc(B4OC(C)(C)C(C)(C)O4)cc1)(C3)C2. The molecule has 156 valence electrons. The predicted molar refractivity (Wildman–Crippen MR) is 113 cm³/mol. The molecule has 0 amide bonds. The van der Waals surface area contributed by atoms with Crippen molar-refractivity contribution < 1.29 is 18.8 Å². The zero-order chi connectivity index (χ0) is 20.7. The predicted octanol–water partition coefficient (Wildman–Crippen LogP) is 4.00. The Bertz CT molecular complexity index is 798. The van der Waals surface area contributed by atoms with E-state index in [1.54, 1.807) is 7.11 Å². The summed E-state index contributed by atoms with van der Waals surface area (Å²) in [6.45, 7) is 8.35. The van der Waals surface area contributed by atoms with Crippen LogP contribution < -0.4 is 5.46 Å². The first kappa shape index (κ1) is 19.6. The van der Waals surface area contributed by atoms with E-state index in [-0.39, 0.29) is 35.1 Å². The van der Waals surface area contributed by atoms with Gasteiger partial charge < -0.3 is 14.0 Å². The molecule has 1 aliphatic heterocycles. The van der Waals surface area contributed by atoms with E-state index in [0.29, 0.717) is 11.8 Å². The average Bonchev–Trinajstić information content (AvgIpc) is 2.87. The summed E-state index contributed by atoms with van der Waals surface area (Å²) in [5.74, 6) is 1.32. The van der Waals surface area contributed by atoms with Gasteiger partial charge in [-0.3, -0.25) is 4.79 Å². The fraction of sp³-hybridized carbons (Fsp3) is 0.708. The Labute approximate surface area is 174 Å². The number of methoxy groups -OCH3 is 1. The molecule has 4 saturated carbocycles. The Morgan fingerprint density at radius 2 is 1.52 bits per heavy atom. The number of carbonyl (C=O) groups is 1. The minimum Gasteiger partial charge on any atom is -0.469 e. The van der Waals surface area contributed by atoms with Gasteiger partial charge in [0, 0.05) is 0 Å². The molecule has 29 heavy (non-hydrogen) atoms. The van der Waals surface area contributed by atoms with Crippen LogP contribution in [0.15, 0.2) is 24.3 Å². The summed E-state index contributed by atoms with van der Waals surface area (Å²) >= 11 is 0. The average molecular weight is 396 g/mol. The highest BCUT2D eigenvalue weighted by atomic mass is 16.7. The molecule has 4 bridgehead atoms. The Hall–Kier alpha value is -1.33. The number of carbonyl (C=O) groups excluding carboxylic acids is 1. The number of esters is 1. The van der Waals surface area contributed by atoms with Crippen molar-refractivity contribution in [2.24, 2.45) is 17.3 Å². The second kappa shape index (κ2) is 6.10. The van der Waals surface area contributed by atoms with Gasteiger partial charge in [-0.2, -0.15) is 0 Å². The van der Waals surface area contributed by atoms with Gasteiger partial charge >= 0.3 is 13.1 Å². The van der Waals surface area contributed by atoms with Crippen LogP contribution in [0.5, 0.6) is 0 Å². The molecule has 2 unspecified atom stereocenters. The third-order valence-corrected chi connectivity index (χ3v) is 8.73. The third kappa shape index (κ3) is 2.84. The Kier molecular flexibility index (Phi) is 4.13. The maximum atomic E-state index is 12.7. The zero-order valence-corrected chi connectivity index (χ0v) is 18.4. The molecular weight excluding hydrogens is 363 g/mol. The molecule has 2 atom stereocenters.